The fourth-order valence-corrected chi connectivity index (χ4v) is 3.10. The van der Waals surface area contributed by atoms with Gasteiger partial charge in [0.1, 0.15) is 0 Å². The zero-order chi connectivity index (χ0) is 19.8. The number of thioether (sulfide) groups is 1. The molecule has 7 heteroatoms. The van der Waals surface area contributed by atoms with Crippen LogP contribution in [-0.4, -0.2) is 44.0 Å². The number of quaternary nitrogens is 1. The molecule has 2 aromatic carbocycles. The van der Waals surface area contributed by atoms with Crippen LogP contribution >= 0.6 is 11.8 Å². The highest BCUT2D eigenvalue weighted by atomic mass is 32.2. The molecule has 0 fully saturated rings. The molecular weight excluding hydrogens is 362 g/mol. The quantitative estimate of drug-likeness (QED) is 0.477. The molecule has 0 saturated heterocycles. The average molecular weight is 386 g/mol. The van der Waals surface area contributed by atoms with Crippen molar-refractivity contribution in [2.75, 3.05) is 37.0 Å². The van der Waals surface area contributed by atoms with E-state index in [9.17, 15) is 14.4 Å². The maximum Gasteiger partial charge on any atom is 0.279 e. The van der Waals surface area contributed by atoms with E-state index in [0.717, 1.165) is 15.5 Å². The van der Waals surface area contributed by atoms with Crippen molar-refractivity contribution in [1.29, 1.82) is 0 Å². The normalized spacial score (nSPS) is 11.5. The summed E-state index contributed by atoms with van der Waals surface area (Å²) >= 11 is 1.56. The van der Waals surface area contributed by atoms with Crippen LogP contribution in [0, 0.1) is 0 Å². The molecule has 27 heavy (non-hydrogen) atoms. The van der Waals surface area contributed by atoms with Gasteiger partial charge in [-0.3, -0.25) is 14.4 Å². The van der Waals surface area contributed by atoms with Gasteiger partial charge in [-0.15, -0.1) is 11.8 Å². The van der Waals surface area contributed by atoms with Crippen LogP contribution in [-0.2, 0) is 9.59 Å². The Hall–Kier alpha value is -2.64. The highest BCUT2D eigenvalue weighted by Crippen LogP contribution is 2.24. The Morgan fingerprint density at radius 3 is 2.11 bits per heavy atom. The Kier molecular flexibility index (Phi) is 7.57. The van der Waals surface area contributed by atoms with E-state index in [-0.39, 0.29) is 30.7 Å². The van der Waals surface area contributed by atoms with Gasteiger partial charge < -0.3 is 15.5 Å². The first-order valence-corrected chi connectivity index (χ1v) is 9.76. The van der Waals surface area contributed by atoms with Crippen molar-refractivity contribution in [3.05, 3.63) is 54.1 Å². The van der Waals surface area contributed by atoms with Gasteiger partial charge in [-0.05, 0) is 49.6 Å². The molecule has 2 aromatic rings. The van der Waals surface area contributed by atoms with E-state index >= 15 is 0 Å². The molecular formula is C20H24N3O3S+. The van der Waals surface area contributed by atoms with E-state index in [4.69, 9.17) is 0 Å². The number of likely N-dealkylation sites (N-methyl/N-ethyl adjacent to an activating group) is 1. The molecule has 1 unspecified atom stereocenters. The number of rotatable bonds is 8. The summed E-state index contributed by atoms with van der Waals surface area (Å²) in [5, 5.41) is 5.66. The third-order valence-corrected chi connectivity index (χ3v) is 4.68. The van der Waals surface area contributed by atoms with E-state index in [1.54, 1.807) is 43.1 Å². The van der Waals surface area contributed by atoms with Crippen LogP contribution in [0.3, 0.4) is 0 Å². The van der Waals surface area contributed by atoms with Gasteiger partial charge in [-0.2, -0.15) is 0 Å². The lowest BCUT2D eigenvalue weighted by atomic mass is 10.1. The Bertz CT molecular complexity index is 821. The molecule has 0 spiro atoms. The standard InChI is InChI=1S/C20H23N3O3S/c1-14(24)15-8-10-16(11-9-15)21-19(25)12-23(2)13-20(26)22-17-6-4-5-7-18(17)27-3/h4-11H,12-13H2,1-3H3,(H,21,25)(H,22,26)/p+1. The molecule has 2 amide bonds. The second-order valence-corrected chi connectivity index (χ2v) is 7.09. The Morgan fingerprint density at radius 2 is 1.52 bits per heavy atom. The van der Waals surface area contributed by atoms with Gasteiger partial charge in [0.15, 0.2) is 18.9 Å². The molecule has 3 N–H and O–H groups in total. The topological polar surface area (TPSA) is 79.7 Å². The molecule has 0 saturated carbocycles. The molecule has 142 valence electrons. The summed E-state index contributed by atoms with van der Waals surface area (Å²) in [7, 11) is 1.79. The summed E-state index contributed by atoms with van der Waals surface area (Å²) in [6.45, 7) is 1.83. The van der Waals surface area contributed by atoms with Gasteiger partial charge in [-0.25, -0.2) is 0 Å². The number of para-hydroxylation sites is 1. The number of ketones is 1. The third kappa shape index (κ3) is 6.54. The van der Waals surface area contributed by atoms with Gasteiger partial charge in [0.2, 0.25) is 0 Å². The number of Topliss-reactive ketones (excluding diaryl/α,β-unsaturated/α-hetero) is 1. The Balaban J connectivity index is 1.83. The van der Waals surface area contributed by atoms with Gasteiger partial charge in [0, 0.05) is 16.1 Å². The number of anilines is 2. The second-order valence-electron chi connectivity index (χ2n) is 6.24. The Labute approximate surface area is 163 Å². The number of benzene rings is 2. The summed E-state index contributed by atoms with van der Waals surface area (Å²) in [6.07, 6.45) is 1.95. The van der Waals surface area contributed by atoms with Crippen LogP contribution in [0.2, 0.25) is 0 Å². The van der Waals surface area contributed by atoms with Crippen molar-refractivity contribution in [2.45, 2.75) is 11.8 Å². The summed E-state index contributed by atoms with van der Waals surface area (Å²) < 4.78 is 0. The molecule has 6 nitrogen and oxygen atoms in total. The van der Waals surface area contributed by atoms with Crippen LogP contribution in [0.5, 0.6) is 0 Å². The zero-order valence-corrected chi connectivity index (χ0v) is 16.5. The minimum absolute atomic E-state index is 0.0221. The van der Waals surface area contributed by atoms with E-state index in [1.165, 1.54) is 6.92 Å². The van der Waals surface area contributed by atoms with E-state index < -0.39 is 0 Å². The predicted molar refractivity (Wildman–Crippen MR) is 109 cm³/mol. The molecule has 0 aromatic heterocycles. The minimum atomic E-state index is -0.194. The highest BCUT2D eigenvalue weighted by Gasteiger charge is 2.15. The average Bonchev–Trinajstić information content (AvgIpc) is 2.62. The molecule has 0 bridgehead atoms. The summed E-state index contributed by atoms with van der Waals surface area (Å²) in [5.41, 5.74) is 1.99. The van der Waals surface area contributed by atoms with Crippen LogP contribution in [0.1, 0.15) is 17.3 Å². The number of nitrogens with one attached hydrogen (secondary N) is 3. The Morgan fingerprint density at radius 1 is 0.926 bits per heavy atom. The number of carbonyl (C=O) groups is 3. The lowest BCUT2D eigenvalue weighted by Gasteiger charge is -2.14. The summed E-state index contributed by atoms with van der Waals surface area (Å²) in [4.78, 5) is 37.4. The summed E-state index contributed by atoms with van der Waals surface area (Å²) in [6, 6.07) is 14.3. The SMILES string of the molecule is CSc1ccccc1NC(=O)C[NH+](C)CC(=O)Nc1ccc(C(C)=O)cc1. The van der Waals surface area contributed by atoms with Crippen molar-refractivity contribution in [3.8, 4) is 0 Å². The van der Waals surface area contributed by atoms with Crippen LogP contribution < -0.4 is 15.5 Å². The maximum atomic E-state index is 12.2. The van der Waals surface area contributed by atoms with E-state index in [1.807, 2.05) is 30.5 Å². The first kappa shape index (κ1) is 20.7. The van der Waals surface area contributed by atoms with Crippen LogP contribution in [0.25, 0.3) is 0 Å². The lowest BCUT2D eigenvalue weighted by Crippen LogP contribution is -3.11. The monoisotopic (exact) mass is 386 g/mol. The highest BCUT2D eigenvalue weighted by molar-refractivity contribution is 7.98. The van der Waals surface area contributed by atoms with Gasteiger partial charge in [0.05, 0.1) is 12.7 Å². The molecule has 0 aliphatic carbocycles. The lowest BCUT2D eigenvalue weighted by molar-refractivity contribution is -0.862. The molecule has 0 aliphatic rings. The zero-order valence-electron chi connectivity index (χ0n) is 15.7. The molecule has 0 aliphatic heterocycles. The van der Waals surface area contributed by atoms with Crippen LogP contribution in [0.4, 0.5) is 11.4 Å². The molecule has 0 heterocycles. The van der Waals surface area contributed by atoms with Crippen molar-refractivity contribution in [3.63, 3.8) is 0 Å². The smallest absolute Gasteiger partial charge is 0.279 e. The van der Waals surface area contributed by atoms with Crippen molar-refractivity contribution in [1.82, 2.24) is 0 Å². The first-order valence-electron chi connectivity index (χ1n) is 8.54. The molecule has 0 radical (unpaired) electrons. The maximum absolute atomic E-state index is 12.2. The molecule has 1 atom stereocenters. The van der Waals surface area contributed by atoms with Gasteiger partial charge in [0.25, 0.3) is 11.8 Å². The fourth-order valence-electron chi connectivity index (χ4n) is 2.55. The number of hydrogen-bond donors (Lipinski definition) is 3. The second kappa shape index (κ2) is 9.89. The minimum Gasteiger partial charge on any atom is -0.322 e. The van der Waals surface area contributed by atoms with E-state index in [0.29, 0.717) is 11.3 Å². The number of carbonyl (C=O) groups excluding carboxylic acids is 3. The third-order valence-electron chi connectivity index (χ3n) is 3.88. The molecule has 2 rings (SSSR count). The van der Waals surface area contributed by atoms with E-state index in [2.05, 4.69) is 10.6 Å². The van der Waals surface area contributed by atoms with Gasteiger partial charge in [-0.1, -0.05) is 12.1 Å². The first-order chi connectivity index (χ1) is 12.9. The predicted octanol–water partition coefficient (Wildman–Crippen LogP) is 1.70. The summed E-state index contributed by atoms with van der Waals surface area (Å²) in [5.74, 6) is -0.362. The number of amides is 2. The van der Waals surface area contributed by atoms with Crippen molar-refractivity contribution >= 4 is 40.7 Å². The van der Waals surface area contributed by atoms with Crippen molar-refractivity contribution in [2.24, 2.45) is 0 Å². The number of hydrogen-bond acceptors (Lipinski definition) is 4. The van der Waals surface area contributed by atoms with Crippen molar-refractivity contribution < 1.29 is 19.3 Å². The van der Waals surface area contributed by atoms with Gasteiger partial charge >= 0.3 is 0 Å². The fraction of sp³-hybridized carbons (Fsp3) is 0.250. The largest absolute Gasteiger partial charge is 0.322 e. The van der Waals surface area contributed by atoms with Crippen LogP contribution in [0.15, 0.2) is 53.4 Å².